The van der Waals surface area contributed by atoms with Gasteiger partial charge >= 0.3 is 0 Å². The average molecular weight is 256 g/mol. The molecule has 3 nitrogen and oxygen atoms in total. The maximum absolute atomic E-state index is 4.33. The zero-order chi connectivity index (χ0) is 9.97. The molecule has 14 heavy (non-hydrogen) atoms. The van der Waals surface area contributed by atoms with Crippen molar-refractivity contribution in [1.82, 2.24) is 9.97 Å². The van der Waals surface area contributed by atoms with Crippen LogP contribution in [0.15, 0.2) is 10.7 Å². The van der Waals surface area contributed by atoms with Crippen LogP contribution < -0.4 is 5.32 Å². The molecular weight excluding hydrogens is 242 g/mol. The standard InChI is InChI=1S/C10H14BrN3/c1-7-12-6-9(11)10(14-7)13-5-8-3-2-4-8/h6,8H,2-5H2,1H3,(H,12,13,14). The van der Waals surface area contributed by atoms with Crippen LogP contribution >= 0.6 is 15.9 Å². The van der Waals surface area contributed by atoms with Gasteiger partial charge in [0.15, 0.2) is 0 Å². The van der Waals surface area contributed by atoms with Gasteiger partial charge in [-0.3, -0.25) is 0 Å². The number of halogens is 1. The Hall–Kier alpha value is -0.640. The molecule has 4 heteroatoms. The quantitative estimate of drug-likeness (QED) is 0.903. The van der Waals surface area contributed by atoms with Crippen molar-refractivity contribution in [2.75, 3.05) is 11.9 Å². The molecule has 0 aliphatic heterocycles. The first-order valence-electron chi connectivity index (χ1n) is 4.98. The van der Waals surface area contributed by atoms with Gasteiger partial charge in [-0.05, 0) is 41.6 Å². The Balaban J connectivity index is 1.96. The molecule has 1 aliphatic carbocycles. The maximum Gasteiger partial charge on any atom is 0.144 e. The number of anilines is 1. The molecule has 2 rings (SSSR count). The van der Waals surface area contributed by atoms with Crippen molar-refractivity contribution in [3.05, 3.63) is 16.5 Å². The maximum atomic E-state index is 4.33. The molecule has 0 aromatic carbocycles. The fraction of sp³-hybridized carbons (Fsp3) is 0.600. The number of hydrogen-bond acceptors (Lipinski definition) is 3. The van der Waals surface area contributed by atoms with Crippen molar-refractivity contribution in [2.24, 2.45) is 5.92 Å². The van der Waals surface area contributed by atoms with Crippen molar-refractivity contribution >= 4 is 21.7 Å². The third kappa shape index (κ3) is 2.23. The van der Waals surface area contributed by atoms with E-state index in [1.165, 1.54) is 19.3 Å². The zero-order valence-corrected chi connectivity index (χ0v) is 9.84. The van der Waals surface area contributed by atoms with Crippen LogP contribution in [-0.2, 0) is 0 Å². The lowest BCUT2D eigenvalue weighted by molar-refractivity contribution is 0.333. The SMILES string of the molecule is Cc1ncc(Br)c(NCC2CCC2)n1. The molecule has 1 aromatic rings. The largest absolute Gasteiger partial charge is 0.369 e. The van der Waals surface area contributed by atoms with Crippen LogP contribution in [0.1, 0.15) is 25.1 Å². The lowest BCUT2D eigenvalue weighted by Crippen LogP contribution is -2.21. The Labute approximate surface area is 92.5 Å². The van der Waals surface area contributed by atoms with Crippen molar-refractivity contribution in [3.8, 4) is 0 Å². The minimum Gasteiger partial charge on any atom is -0.369 e. The monoisotopic (exact) mass is 255 g/mol. The molecule has 0 atom stereocenters. The topological polar surface area (TPSA) is 37.8 Å². The molecule has 0 amide bonds. The predicted octanol–water partition coefficient (Wildman–Crippen LogP) is 2.76. The average Bonchev–Trinajstić information content (AvgIpc) is 2.08. The number of nitrogens with zero attached hydrogens (tertiary/aromatic N) is 2. The van der Waals surface area contributed by atoms with Gasteiger partial charge in [-0.1, -0.05) is 6.42 Å². The molecule has 1 saturated carbocycles. The Morgan fingerprint density at radius 3 is 3.00 bits per heavy atom. The molecule has 0 bridgehead atoms. The summed E-state index contributed by atoms with van der Waals surface area (Å²) in [5.41, 5.74) is 0. The smallest absolute Gasteiger partial charge is 0.144 e. The number of aromatic nitrogens is 2. The van der Waals surface area contributed by atoms with E-state index in [4.69, 9.17) is 0 Å². The Morgan fingerprint density at radius 1 is 1.57 bits per heavy atom. The summed E-state index contributed by atoms with van der Waals surface area (Å²) in [5, 5.41) is 3.36. The van der Waals surface area contributed by atoms with Gasteiger partial charge in [0.25, 0.3) is 0 Å². The molecule has 0 radical (unpaired) electrons. The molecule has 1 fully saturated rings. The lowest BCUT2D eigenvalue weighted by atomic mass is 9.85. The summed E-state index contributed by atoms with van der Waals surface area (Å²) < 4.78 is 0.947. The van der Waals surface area contributed by atoms with E-state index in [2.05, 4.69) is 31.2 Å². The summed E-state index contributed by atoms with van der Waals surface area (Å²) >= 11 is 3.43. The zero-order valence-electron chi connectivity index (χ0n) is 8.26. The fourth-order valence-electron chi connectivity index (χ4n) is 1.52. The Bertz CT molecular complexity index is 323. The van der Waals surface area contributed by atoms with Gasteiger partial charge in [0.05, 0.1) is 4.47 Å². The van der Waals surface area contributed by atoms with Gasteiger partial charge in [0, 0.05) is 12.7 Å². The third-order valence-electron chi connectivity index (χ3n) is 2.65. The minimum atomic E-state index is 0.810. The van der Waals surface area contributed by atoms with Crippen LogP contribution in [0.2, 0.25) is 0 Å². The first-order chi connectivity index (χ1) is 6.75. The van der Waals surface area contributed by atoms with E-state index < -0.39 is 0 Å². The number of rotatable bonds is 3. The van der Waals surface area contributed by atoms with E-state index in [0.717, 1.165) is 28.6 Å². The van der Waals surface area contributed by atoms with Crippen LogP contribution in [0.3, 0.4) is 0 Å². The van der Waals surface area contributed by atoms with E-state index in [1.54, 1.807) is 6.20 Å². The molecule has 1 aliphatic rings. The van der Waals surface area contributed by atoms with Crippen LogP contribution in [0.4, 0.5) is 5.82 Å². The first kappa shape index (κ1) is 9.90. The Morgan fingerprint density at radius 2 is 2.36 bits per heavy atom. The summed E-state index contributed by atoms with van der Waals surface area (Å²) in [5.74, 6) is 2.57. The summed E-state index contributed by atoms with van der Waals surface area (Å²) in [4.78, 5) is 8.44. The van der Waals surface area contributed by atoms with Crippen molar-refractivity contribution < 1.29 is 0 Å². The third-order valence-corrected chi connectivity index (χ3v) is 3.23. The van der Waals surface area contributed by atoms with E-state index in [-0.39, 0.29) is 0 Å². The second-order valence-corrected chi connectivity index (χ2v) is 4.65. The summed E-state index contributed by atoms with van der Waals surface area (Å²) in [6.45, 7) is 2.94. The van der Waals surface area contributed by atoms with Crippen LogP contribution in [0, 0.1) is 12.8 Å². The highest BCUT2D eigenvalue weighted by molar-refractivity contribution is 9.10. The first-order valence-corrected chi connectivity index (χ1v) is 5.78. The van der Waals surface area contributed by atoms with Crippen LogP contribution in [-0.4, -0.2) is 16.5 Å². The van der Waals surface area contributed by atoms with Crippen molar-refractivity contribution in [2.45, 2.75) is 26.2 Å². The normalized spacial score (nSPS) is 16.4. The van der Waals surface area contributed by atoms with Gasteiger partial charge in [-0.2, -0.15) is 0 Å². The number of hydrogen-bond donors (Lipinski definition) is 1. The van der Waals surface area contributed by atoms with Gasteiger partial charge in [-0.25, -0.2) is 9.97 Å². The molecule has 1 heterocycles. The highest BCUT2D eigenvalue weighted by atomic mass is 79.9. The van der Waals surface area contributed by atoms with Gasteiger partial charge in [0.1, 0.15) is 11.6 Å². The lowest BCUT2D eigenvalue weighted by Gasteiger charge is -2.25. The number of aryl methyl sites for hydroxylation is 1. The van der Waals surface area contributed by atoms with Crippen molar-refractivity contribution in [3.63, 3.8) is 0 Å². The van der Waals surface area contributed by atoms with Gasteiger partial charge in [0.2, 0.25) is 0 Å². The molecule has 0 spiro atoms. The summed E-state index contributed by atoms with van der Waals surface area (Å²) in [6, 6.07) is 0. The van der Waals surface area contributed by atoms with E-state index in [0.29, 0.717) is 0 Å². The van der Waals surface area contributed by atoms with Gasteiger partial charge in [-0.15, -0.1) is 0 Å². The molecule has 0 unspecified atom stereocenters. The highest BCUT2D eigenvalue weighted by Crippen LogP contribution is 2.27. The molecule has 0 saturated heterocycles. The molecular formula is C10H14BrN3. The highest BCUT2D eigenvalue weighted by Gasteiger charge is 2.17. The molecule has 1 aromatic heterocycles. The fourth-order valence-corrected chi connectivity index (χ4v) is 1.85. The van der Waals surface area contributed by atoms with E-state index in [9.17, 15) is 0 Å². The summed E-state index contributed by atoms with van der Waals surface area (Å²) in [7, 11) is 0. The van der Waals surface area contributed by atoms with Gasteiger partial charge < -0.3 is 5.32 Å². The summed E-state index contributed by atoms with van der Waals surface area (Å²) in [6.07, 6.45) is 5.89. The van der Waals surface area contributed by atoms with Crippen LogP contribution in [0.25, 0.3) is 0 Å². The Kier molecular flexibility index (Phi) is 3.01. The second kappa shape index (κ2) is 4.26. The molecule has 76 valence electrons. The predicted molar refractivity (Wildman–Crippen MR) is 60.3 cm³/mol. The number of nitrogens with one attached hydrogen (secondary N) is 1. The molecule has 1 N–H and O–H groups in total. The second-order valence-electron chi connectivity index (χ2n) is 3.79. The van der Waals surface area contributed by atoms with Crippen molar-refractivity contribution in [1.29, 1.82) is 0 Å². The van der Waals surface area contributed by atoms with E-state index in [1.807, 2.05) is 6.92 Å². The minimum absolute atomic E-state index is 0.810. The van der Waals surface area contributed by atoms with E-state index >= 15 is 0 Å². The van der Waals surface area contributed by atoms with Crippen LogP contribution in [0.5, 0.6) is 0 Å².